The molecule has 0 saturated carbocycles. The Morgan fingerprint density at radius 3 is 2.46 bits per heavy atom. The lowest BCUT2D eigenvalue weighted by molar-refractivity contribution is -0.211. The molecular formula is C18H35NO8P-. The van der Waals surface area contributed by atoms with Gasteiger partial charge in [-0.25, -0.2) is 0 Å². The van der Waals surface area contributed by atoms with E-state index in [2.05, 4.69) is 5.09 Å². The number of nitrogens with one attached hydrogen (secondary N) is 1. The van der Waals surface area contributed by atoms with Gasteiger partial charge in [-0.05, 0) is 41.5 Å². The molecule has 9 nitrogen and oxygen atoms in total. The third-order valence-corrected chi connectivity index (χ3v) is 5.84. The predicted octanol–water partition coefficient (Wildman–Crippen LogP) is 0.974. The Bertz CT molecular complexity index is 534. The standard InChI is InChI=1S/C18H36NO8P/c1-10(2)23-9-16-18(17(20)13(6)26-16)27-28(21,22)19-8-15-14(24-11(3)4)7-12(5)25-15/h10-18,20H,7-9H2,1-6H3,(H2,19,21,22)/p-1/t12-,13-,14?,15+,16+,17?,18?/m0/s1. The molecule has 0 spiro atoms. The molecule has 0 aromatic carbocycles. The molecule has 4 unspecified atom stereocenters. The topological polar surface area (TPSA) is 119 Å². The van der Waals surface area contributed by atoms with Crippen molar-refractivity contribution in [3.63, 3.8) is 0 Å². The van der Waals surface area contributed by atoms with Gasteiger partial charge in [0.1, 0.15) is 18.3 Å². The molecule has 2 rings (SSSR count). The Morgan fingerprint density at radius 1 is 1.18 bits per heavy atom. The maximum absolute atomic E-state index is 12.5. The van der Waals surface area contributed by atoms with Crippen LogP contribution in [0.15, 0.2) is 0 Å². The highest BCUT2D eigenvalue weighted by atomic mass is 31.2. The highest BCUT2D eigenvalue weighted by Crippen LogP contribution is 2.39. The molecule has 0 amide bonds. The Labute approximate surface area is 167 Å². The minimum Gasteiger partial charge on any atom is -0.766 e. The summed E-state index contributed by atoms with van der Waals surface area (Å²) < 4.78 is 40.4. The van der Waals surface area contributed by atoms with Crippen molar-refractivity contribution < 1.29 is 38.0 Å². The zero-order valence-corrected chi connectivity index (χ0v) is 18.5. The van der Waals surface area contributed by atoms with Crippen LogP contribution >= 0.6 is 7.75 Å². The number of hydrogen-bond acceptors (Lipinski definition) is 8. The number of aliphatic hydroxyl groups excluding tert-OH is 1. The summed E-state index contributed by atoms with van der Waals surface area (Å²) in [5, 5.41) is 12.7. The first-order valence-corrected chi connectivity index (χ1v) is 11.5. The van der Waals surface area contributed by atoms with E-state index in [1.54, 1.807) is 6.92 Å². The smallest absolute Gasteiger partial charge is 0.204 e. The first kappa shape index (κ1) is 24.2. The quantitative estimate of drug-likeness (QED) is 0.495. The fourth-order valence-corrected chi connectivity index (χ4v) is 4.52. The molecule has 2 fully saturated rings. The molecular weight excluding hydrogens is 389 g/mol. The molecule has 166 valence electrons. The summed E-state index contributed by atoms with van der Waals surface area (Å²) in [5.74, 6) is 0. The maximum atomic E-state index is 12.5. The lowest BCUT2D eigenvalue weighted by Crippen LogP contribution is -2.42. The Hall–Kier alpha value is -0.0900. The molecule has 2 aliphatic rings. The first-order valence-electron chi connectivity index (χ1n) is 9.99. The number of hydrogen-bond donors (Lipinski definition) is 2. The lowest BCUT2D eigenvalue weighted by Gasteiger charge is -2.32. The van der Waals surface area contributed by atoms with E-state index in [4.69, 9.17) is 23.5 Å². The molecule has 2 saturated heterocycles. The minimum atomic E-state index is -4.45. The van der Waals surface area contributed by atoms with E-state index in [1.165, 1.54) is 0 Å². The molecule has 0 aromatic rings. The van der Waals surface area contributed by atoms with Gasteiger partial charge >= 0.3 is 0 Å². The Morgan fingerprint density at radius 2 is 1.86 bits per heavy atom. The summed E-state index contributed by atoms with van der Waals surface area (Å²) in [7, 11) is -4.45. The first-order chi connectivity index (χ1) is 13.0. The third-order valence-electron chi connectivity index (χ3n) is 4.75. The van der Waals surface area contributed by atoms with Crippen LogP contribution in [0.4, 0.5) is 0 Å². The van der Waals surface area contributed by atoms with Crippen LogP contribution in [0, 0.1) is 0 Å². The summed E-state index contributed by atoms with van der Waals surface area (Å²) in [6.45, 7) is 11.4. The molecule has 0 aromatic heterocycles. The SMILES string of the molecule is CC(C)OC[C@H]1O[C@@H](C)C(O)C1OP(=O)([O-])NC[C@H]1O[C@@H](C)CC1OC(C)C. The molecule has 0 aliphatic carbocycles. The second-order valence-electron chi connectivity index (χ2n) is 8.13. The summed E-state index contributed by atoms with van der Waals surface area (Å²) in [5.41, 5.74) is 0. The monoisotopic (exact) mass is 424 g/mol. The van der Waals surface area contributed by atoms with E-state index in [0.717, 1.165) is 0 Å². The van der Waals surface area contributed by atoms with Gasteiger partial charge in [-0.15, -0.1) is 0 Å². The highest BCUT2D eigenvalue weighted by Gasteiger charge is 2.44. The predicted molar refractivity (Wildman–Crippen MR) is 101 cm³/mol. The van der Waals surface area contributed by atoms with Crippen LogP contribution < -0.4 is 9.98 Å². The van der Waals surface area contributed by atoms with Crippen molar-refractivity contribution >= 4 is 7.75 Å². The second kappa shape index (κ2) is 10.3. The van der Waals surface area contributed by atoms with Gasteiger partial charge in [0.05, 0.1) is 43.2 Å². The highest BCUT2D eigenvalue weighted by molar-refractivity contribution is 7.49. The van der Waals surface area contributed by atoms with Crippen LogP contribution in [0.5, 0.6) is 0 Å². The van der Waals surface area contributed by atoms with Crippen molar-refractivity contribution in [3.8, 4) is 0 Å². The summed E-state index contributed by atoms with van der Waals surface area (Å²) >= 11 is 0. The van der Waals surface area contributed by atoms with Crippen molar-refractivity contribution in [1.29, 1.82) is 0 Å². The van der Waals surface area contributed by atoms with E-state index < -0.39 is 38.3 Å². The fourth-order valence-electron chi connectivity index (χ4n) is 3.46. The summed E-state index contributed by atoms with van der Waals surface area (Å²) in [4.78, 5) is 12.5. The van der Waals surface area contributed by atoms with Crippen molar-refractivity contribution in [2.45, 2.75) is 103 Å². The van der Waals surface area contributed by atoms with Gasteiger partial charge in [-0.3, -0.25) is 9.65 Å². The molecule has 2 heterocycles. The van der Waals surface area contributed by atoms with E-state index in [1.807, 2.05) is 34.6 Å². The largest absolute Gasteiger partial charge is 0.766 e. The zero-order valence-electron chi connectivity index (χ0n) is 17.6. The second-order valence-corrected chi connectivity index (χ2v) is 9.65. The lowest BCUT2D eigenvalue weighted by atomic mass is 10.1. The summed E-state index contributed by atoms with van der Waals surface area (Å²) in [6.07, 6.45) is -3.23. The van der Waals surface area contributed by atoms with Gasteiger partial charge in [0.2, 0.25) is 7.75 Å². The van der Waals surface area contributed by atoms with E-state index in [0.29, 0.717) is 6.42 Å². The Balaban J connectivity index is 1.93. The van der Waals surface area contributed by atoms with Crippen LogP contribution in [0.1, 0.15) is 48.0 Å². The van der Waals surface area contributed by atoms with Crippen molar-refractivity contribution in [1.82, 2.24) is 5.09 Å². The average molecular weight is 424 g/mol. The normalized spacial score (nSPS) is 38.4. The van der Waals surface area contributed by atoms with Crippen molar-refractivity contribution in [2.24, 2.45) is 0 Å². The molecule has 2 N–H and O–H groups in total. The Kier molecular flexibility index (Phi) is 8.88. The van der Waals surface area contributed by atoms with Crippen molar-refractivity contribution in [2.75, 3.05) is 13.2 Å². The van der Waals surface area contributed by atoms with Gasteiger partial charge in [0, 0.05) is 13.0 Å². The van der Waals surface area contributed by atoms with Gasteiger partial charge in [-0.2, -0.15) is 0 Å². The van der Waals surface area contributed by atoms with Gasteiger partial charge < -0.3 is 33.5 Å². The fraction of sp³-hybridized carbons (Fsp3) is 1.00. The number of aliphatic hydroxyl groups is 1. The summed E-state index contributed by atoms with van der Waals surface area (Å²) in [6, 6.07) is 0. The molecule has 28 heavy (non-hydrogen) atoms. The molecule has 0 radical (unpaired) electrons. The van der Waals surface area contributed by atoms with E-state index in [-0.39, 0.29) is 37.6 Å². The van der Waals surface area contributed by atoms with E-state index in [9.17, 15) is 14.6 Å². The van der Waals surface area contributed by atoms with Gasteiger partial charge in [0.15, 0.2) is 0 Å². The minimum absolute atomic E-state index is 0.00836. The van der Waals surface area contributed by atoms with Gasteiger partial charge in [-0.1, -0.05) is 0 Å². The third kappa shape index (κ3) is 7.00. The number of rotatable bonds is 10. The van der Waals surface area contributed by atoms with Gasteiger partial charge in [0.25, 0.3) is 0 Å². The molecule has 0 bridgehead atoms. The zero-order chi connectivity index (χ0) is 21.1. The molecule has 10 heteroatoms. The maximum Gasteiger partial charge on any atom is 0.204 e. The van der Waals surface area contributed by atoms with Crippen LogP contribution in [-0.4, -0.2) is 73.2 Å². The van der Waals surface area contributed by atoms with Crippen LogP contribution in [-0.2, 0) is 28.0 Å². The van der Waals surface area contributed by atoms with Crippen molar-refractivity contribution in [3.05, 3.63) is 0 Å². The van der Waals surface area contributed by atoms with E-state index >= 15 is 0 Å². The molecule has 8 atom stereocenters. The number of ether oxygens (including phenoxy) is 4. The average Bonchev–Trinajstić information content (AvgIpc) is 3.04. The van der Waals surface area contributed by atoms with Crippen LogP contribution in [0.25, 0.3) is 0 Å². The van der Waals surface area contributed by atoms with Crippen LogP contribution in [0.2, 0.25) is 0 Å². The van der Waals surface area contributed by atoms with Crippen LogP contribution in [0.3, 0.4) is 0 Å². The molecule has 2 aliphatic heterocycles.